The van der Waals surface area contributed by atoms with E-state index in [2.05, 4.69) is 20.5 Å². The molecule has 3 rings (SSSR count). The van der Waals surface area contributed by atoms with Crippen LogP contribution in [-0.2, 0) is 0 Å². The number of hydrogen-bond donors (Lipinski definition) is 2. The third-order valence-electron chi connectivity index (χ3n) is 4.39. The first-order valence-corrected chi connectivity index (χ1v) is 7.58. The monoisotopic (exact) mass is 290 g/mol. The normalized spacial score (nSPS) is 25.2. The van der Waals surface area contributed by atoms with Crippen LogP contribution in [0.15, 0.2) is 18.3 Å². The lowest BCUT2D eigenvalue weighted by molar-refractivity contribution is 0.180. The van der Waals surface area contributed by atoms with Crippen LogP contribution in [0.1, 0.15) is 25.7 Å². The molecule has 0 spiro atoms. The summed E-state index contributed by atoms with van der Waals surface area (Å²) in [4.78, 5) is 18.8. The summed E-state index contributed by atoms with van der Waals surface area (Å²) < 4.78 is 5.14. The van der Waals surface area contributed by atoms with Gasteiger partial charge < -0.3 is 15.4 Å². The van der Waals surface area contributed by atoms with Gasteiger partial charge in [0.1, 0.15) is 5.69 Å². The van der Waals surface area contributed by atoms with E-state index < -0.39 is 0 Å². The second-order valence-electron chi connectivity index (χ2n) is 5.65. The number of aromatic nitrogens is 1. The van der Waals surface area contributed by atoms with Crippen molar-refractivity contribution in [3.05, 3.63) is 18.3 Å². The Morgan fingerprint density at radius 2 is 2.29 bits per heavy atom. The Labute approximate surface area is 124 Å². The minimum Gasteiger partial charge on any atom is -0.480 e. The number of amides is 2. The van der Waals surface area contributed by atoms with Gasteiger partial charge in [-0.05, 0) is 37.9 Å². The maximum absolute atomic E-state index is 12.2. The first-order chi connectivity index (χ1) is 10.3. The lowest BCUT2D eigenvalue weighted by Crippen LogP contribution is -2.47. The summed E-state index contributed by atoms with van der Waals surface area (Å²) in [7, 11) is 1.54. The zero-order valence-electron chi connectivity index (χ0n) is 12.3. The molecule has 6 nitrogen and oxygen atoms in total. The van der Waals surface area contributed by atoms with E-state index in [0.29, 0.717) is 17.6 Å². The van der Waals surface area contributed by atoms with E-state index in [1.54, 1.807) is 25.4 Å². The number of urea groups is 1. The highest BCUT2D eigenvalue weighted by Gasteiger charge is 2.36. The van der Waals surface area contributed by atoms with E-state index >= 15 is 0 Å². The molecule has 2 atom stereocenters. The lowest BCUT2D eigenvalue weighted by atomic mass is 9.99. The predicted molar refractivity (Wildman–Crippen MR) is 80.6 cm³/mol. The Morgan fingerprint density at radius 1 is 1.38 bits per heavy atom. The Kier molecular flexibility index (Phi) is 4.24. The number of piperidine rings is 1. The number of methoxy groups -OCH3 is 1. The number of rotatable bonds is 3. The lowest BCUT2D eigenvalue weighted by Gasteiger charge is -2.32. The molecule has 0 saturated carbocycles. The standard InChI is InChI=1S/C15H22N4O2/c1-21-14-12(5-4-8-16-14)18-15(20)17-11-7-10-19-9-3-2-6-13(11)19/h4-5,8,11,13H,2-3,6-7,9-10H2,1H3,(H2,17,18,20). The van der Waals surface area contributed by atoms with Crippen LogP contribution in [0.3, 0.4) is 0 Å². The van der Waals surface area contributed by atoms with E-state index in [1.807, 2.05) is 0 Å². The average Bonchev–Trinajstić information content (AvgIpc) is 2.91. The van der Waals surface area contributed by atoms with Gasteiger partial charge in [-0.3, -0.25) is 4.90 Å². The van der Waals surface area contributed by atoms with Crippen LogP contribution < -0.4 is 15.4 Å². The Bertz CT molecular complexity index is 508. The van der Waals surface area contributed by atoms with E-state index in [4.69, 9.17) is 4.74 Å². The number of carbonyl (C=O) groups excluding carboxylic acids is 1. The van der Waals surface area contributed by atoms with Crippen LogP contribution in [0, 0.1) is 0 Å². The highest BCUT2D eigenvalue weighted by molar-refractivity contribution is 5.90. The zero-order valence-corrected chi connectivity index (χ0v) is 12.3. The van der Waals surface area contributed by atoms with Crippen LogP contribution in [-0.4, -0.2) is 48.2 Å². The van der Waals surface area contributed by atoms with Gasteiger partial charge in [0.2, 0.25) is 5.88 Å². The maximum Gasteiger partial charge on any atom is 0.319 e. The molecular weight excluding hydrogens is 268 g/mol. The van der Waals surface area contributed by atoms with Crippen molar-refractivity contribution >= 4 is 11.7 Å². The maximum atomic E-state index is 12.2. The third kappa shape index (κ3) is 3.10. The number of nitrogens with one attached hydrogen (secondary N) is 2. The van der Waals surface area contributed by atoms with Crippen LogP contribution in [0.5, 0.6) is 5.88 Å². The van der Waals surface area contributed by atoms with Gasteiger partial charge in [-0.25, -0.2) is 9.78 Å². The van der Waals surface area contributed by atoms with Gasteiger partial charge in [0.05, 0.1) is 7.11 Å². The summed E-state index contributed by atoms with van der Waals surface area (Å²) in [6, 6.07) is 4.12. The van der Waals surface area contributed by atoms with Crippen LogP contribution in [0.25, 0.3) is 0 Å². The molecule has 0 bridgehead atoms. The van der Waals surface area contributed by atoms with Gasteiger partial charge in [-0.1, -0.05) is 6.42 Å². The quantitative estimate of drug-likeness (QED) is 0.891. The van der Waals surface area contributed by atoms with Crippen molar-refractivity contribution in [2.24, 2.45) is 0 Å². The number of nitrogens with zero attached hydrogens (tertiary/aromatic N) is 2. The molecule has 0 aliphatic carbocycles. The topological polar surface area (TPSA) is 66.5 Å². The highest BCUT2D eigenvalue weighted by Crippen LogP contribution is 2.27. The van der Waals surface area contributed by atoms with Crippen molar-refractivity contribution < 1.29 is 9.53 Å². The molecule has 2 saturated heterocycles. The van der Waals surface area contributed by atoms with Gasteiger partial charge in [0, 0.05) is 24.8 Å². The molecule has 2 amide bonds. The van der Waals surface area contributed by atoms with Crippen LogP contribution >= 0.6 is 0 Å². The molecule has 2 aliphatic rings. The molecule has 21 heavy (non-hydrogen) atoms. The Balaban J connectivity index is 1.59. The van der Waals surface area contributed by atoms with Gasteiger partial charge in [-0.2, -0.15) is 0 Å². The van der Waals surface area contributed by atoms with Gasteiger partial charge in [0.25, 0.3) is 0 Å². The second-order valence-corrected chi connectivity index (χ2v) is 5.65. The summed E-state index contributed by atoms with van der Waals surface area (Å²) in [5, 5.41) is 5.93. The van der Waals surface area contributed by atoms with Crippen molar-refractivity contribution in [2.45, 2.75) is 37.8 Å². The number of anilines is 1. The van der Waals surface area contributed by atoms with E-state index in [9.17, 15) is 4.79 Å². The summed E-state index contributed by atoms with van der Waals surface area (Å²) in [5.41, 5.74) is 0.594. The van der Waals surface area contributed by atoms with Crippen LogP contribution in [0.2, 0.25) is 0 Å². The number of hydrogen-bond acceptors (Lipinski definition) is 4. The summed E-state index contributed by atoms with van der Waals surface area (Å²) in [6.07, 6.45) is 6.39. The molecule has 3 heterocycles. The predicted octanol–water partition coefficient (Wildman–Crippen LogP) is 1.84. The van der Waals surface area contributed by atoms with Crippen molar-refractivity contribution in [1.82, 2.24) is 15.2 Å². The van der Waals surface area contributed by atoms with Crippen molar-refractivity contribution in [1.29, 1.82) is 0 Å². The summed E-state index contributed by atoms with van der Waals surface area (Å²) in [6.45, 7) is 2.26. The SMILES string of the molecule is COc1ncccc1NC(=O)NC1CCN2CCCCC12. The number of pyridine rings is 1. The molecule has 2 aliphatic heterocycles. The fourth-order valence-electron chi connectivity index (χ4n) is 3.39. The van der Waals surface area contributed by atoms with Gasteiger partial charge in [-0.15, -0.1) is 0 Å². The Morgan fingerprint density at radius 3 is 3.14 bits per heavy atom. The van der Waals surface area contributed by atoms with E-state index in [1.165, 1.54) is 25.8 Å². The fourth-order valence-corrected chi connectivity index (χ4v) is 3.39. The van der Waals surface area contributed by atoms with Gasteiger partial charge >= 0.3 is 6.03 Å². The first-order valence-electron chi connectivity index (χ1n) is 7.58. The molecule has 1 aromatic heterocycles. The Hall–Kier alpha value is -1.82. The number of fused-ring (bicyclic) bond motifs is 1. The molecule has 0 radical (unpaired) electrons. The third-order valence-corrected chi connectivity index (χ3v) is 4.39. The molecule has 2 fully saturated rings. The van der Waals surface area contributed by atoms with E-state index in [0.717, 1.165) is 13.0 Å². The van der Waals surface area contributed by atoms with Crippen molar-refractivity contribution in [2.75, 3.05) is 25.5 Å². The second kappa shape index (κ2) is 6.30. The molecule has 2 N–H and O–H groups in total. The summed E-state index contributed by atoms with van der Waals surface area (Å²) >= 11 is 0. The zero-order chi connectivity index (χ0) is 14.7. The van der Waals surface area contributed by atoms with Crippen LogP contribution in [0.4, 0.5) is 10.5 Å². The number of ether oxygens (including phenoxy) is 1. The minimum atomic E-state index is -0.182. The molecule has 2 unspecified atom stereocenters. The highest BCUT2D eigenvalue weighted by atomic mass is 16.5. The fraction of sp³-hybridized carbons (Fsp3) is 0.600. The average molecular weight is 290 g/mol. The van der Waals surface area contributed by atoms with Gasteiger partial charge in [0.15, 0.2) is 0 Å². The van der Waals surface area contributed by atoms with Crippen molar-refractivity contribution in [3.8, 4) is 5.88 Å². The molecule has 0 aromatic carbocycles. The summed E-state index contributed by atoms with van der Waals surface area (Å²) in [5.74, 6) is 0.429. The molecule has 114 valence electrons. The minimum absolute atomic E-state index is 0.182. The van der Waals surface area contributed by atoms with Crippen molar-refractivity contribution in [3.63, 3.8) is 0 Å². The smallest absolute Gasteiger partial charge is 0.319 e. The van der Waals surface area contributed by atoms with E-state index in [-0.39, 0.29) is 12.1 Å². The molecule has 6 heteroatoms. The molecule has 1 aromatic rings. The number of carbonyl (C=O) groups is 1. The largest absolute Gasteiger partial charge is 0.480 e. The molecular formula is C15H22N4O2. The first kappa shape index (κ1) is 14.1.